The Hall–Kier alpha value is -1.80. The van der Waals surface area contributed by atoms with Gasteiger partial charge in [-0.05, 0) is 43.0 Å². The van der Waals surface area contributed by atoms with Crippen LogP contribution >= 0.6 is 24.0 Å². The lowest BCUT2D eigenvalue weighted by molar-refractivity contribution is -0.144. The molecule has 27 heavy (non-hydrogen) atoms. The third-order valence-corrected chi connectivity index (χ3v) is 5.88. The predicted octanol–water partition coefficient (Wildman–Crippen LogP) is 2.98. The molecule has 1 N–H and O–H groups in total. The predicted molar refractivity (Wildman–Crippen MR) is 115 cm³/mol. The van der Waals surface area contributed by atoms with Gasteiger partial charge < -0.3 is 19.9 Å². The van der Waals surface area contributed by atoms with Crippen molar-refractivity contribution in [2.24, 2.45) is 5.92 Å². The molecular formula is C19H27N3O3S2. The van der Waals surface area contributed by atoms with Crippen molar-refractivity contribution in [3.8, 4) is 0 Å². The topological polar surface area (TPSA) is 61.9 Å². The summed E-state index contributed by atoms with van der Waals surface area (Å²) >= 11 is 6.68. The Labute approximate surface area is 170 Å². The minimum atomic E-state index is -0.439. The number of hydrogen-bond donors (Lipinski definition) is 1. The first-order chi connectivity index (χ1) is 12.8. The van der Waals surface area contributed by atoms with E-state index in [0.717, 1.165) is 41.9 Å². The Kier molecular flexibility index (Phi) is 8.37. The molecule has 0 radical (unpaired) electrons. The van der Waals surface area contributed by atoms with Gasteiger partial charge >= 0.3 is 5.97 Å². The molecule has 0 aromatic heterocycles. The summed E-state index contributed by atoms with van der Waals surface area (Å²) in [4.78, 5) is 27.9. The van der Waals surface area contributed by atoms with Gasteiger partial charge in [-0.3, -0.25) is 9.59 Å². The summed E-state index contributed by atoms with van der Waals surface area (Å²) in [5.41, 5.74) is 1.70. The van der Waals surface area contributed by atoms with Gasteiger partial charge in [0, 0.05) is 38.6 Å². The van der Waals surface area contributed by atoms with Gasteiger partial charge in [0.05, 0.1) is 5.75 Å². The highest BCUT2D eigenvalue weighted by atomic mass is 32.2. The second kappa shape index (κ2) is 10.5. The first-order valence-electron chi connectivity index (χ1n) is 8.99. The van der Waals surface area contributed by atoms with Crippen LogP contribution in [-0.2, 0) is 14.3 Å². The molecule has 0 unspecified atom stereocenters. The highest BCUT2D eigenvalue weighted by Gasteiger charge is 2.19. The minimum Gasteiger partial charge on any atom is -0.455 e. The third-order valence-electron chi connectivity index (χ3n) is 4.39. The van der Waals surface area contributed by atoms with Crippen LogP contribution in [0.25, 0.3) is 0 Å². The molecule has 1 aliphatic rings. The fourth-order valence-electron chi connectivity index (χ4n) is 2.63. The van der Waals surface area contributed by atoms with Crippen LogP contribution in [0.5, 0.6) is 0 Å². The summed E-state index contributed by atoms with van der Waals surface area (Å²) in [5.74, 6) is 0.0522. The number of benzene rings is 1. The summed E-state index contributed by atoms with van der Waals surface area (Å²) in [6.45, 7) is 3.82. The quantitative estimate of drug-likeness (QED) is 0.572. The van der Waals surface area contributed by atoms with Crippen molar-refractivity contribution >= 4 is 51.6 Å². The number of thiocarbonyl (C=S) groups is 1. The Bertz CT molecular complexity index is 657. The molecule has 6 nitrogen and oxygen atoms in total. The summed E-state index contributed by atoms with van der Waals surface area (Å²) in [7, 11) is 3.89. The van der Waals surface area contributed by atoms with Crippen LogP contribution < -0.4 is 10.2 Å². The van der Waals surface area contributed by atoms with Crippen molar-refractivity contribution < 1.29 is 14.3 Å². The number of esters is 1. The SMILES string of the molecule is CC1CCN(C(=S)SCC(=O)OCC(=O)Nc2ccc(N(C)C)cc2)CC1. The maximum Gasteiger partial charge on any atom is 0.316 e. The van der Waals surface area contributed by atoms with Gasteiger partial charge in [-0.1, -0.05) is 30.9 Å². The van der Waals surface area contributed by atoms with Gasteiger partial charge in [0.15, 0.2) is 6.61 Å². The number of hydrogen-bond acceptors (Lipinski definition) is 6. The van der Waals surface area contributed by atoms with E-state index in [4.69, 9.17) is 17.0 Å². The smallest absolute Gasteiger partial charge is 0.316 e. The number of ether oxygens (including phenoxy) is 1. The third kappa shape index (κ3) is 7.38. The Balaban J connectivity index is 1.65. The maximum atomic E-state index is 11.9. The number of carbonyl (C=O) groups is 2. The molecule has 1 aliphatic heterocycles. The number of piperidine rings is 1. The van der Waals surface area contributed by atoms with E-state index < -0.39 is 5.97 Å². The number of rotatable bonds is 6. The van der Waals surface area contributed by atoms with Gasteiger partial charge in [0.1, 0.15) is 4.32 Å². The molecule has 0 saturated carbocycles. The van der Waals surface area contributed by atoms with E-state index in [9.17, 15) is 9.59 Å². The Morgan fingerprint density at radius 1 is 1.26 bits per heavy atom. The van der Waals surface area contributed by atoms with Crippen LogP contribution in [-0.4, -0.2) is 60.6 Å². The van der Waals surface area contributed by atoms with Gasteiger partial charge in [-0.2, -0.15) is 0 Å². The molecule has 0 bridgehead atoms. The summed E-state index contributed by atoms with van der Waals surface area (Å²) in [5, 5.41) is 2.71. The van der Waals surface area contributed by atoms with E-state index in [1.165, 1.54) is 11.8 Å². The number of carbonyl (C=O) groups excluding carboxylic acids is 2. The second-order valence-electron chi connectivity index (χ2n) is 6.87. The Morgan fingerprint density at radius 3 is 2.48 bits per heavy atom. The molecule has 1 heterocycles. The molecular weight excluding hydrogens is 382 g/mol. The van der Waals surface area contributed by atoms with E-state index in [0.29, 0.717) is 5.69 Å². The van der Waals surface area contributed by atoms with Crippen molar-refractivity contribution in [1.82, 2.24) is 4.90 Å². The molecule has 148 valence electrons. The standard InChI is InChI=1S/C19H27N3O3S2/c1-14-8-10-22(11-9-14)19(26)27-13-18(24)25-12-17(23)20-15-4-6-16(7-5-15)21(2)3/h4-7,14H,8-13H2,1-3H3,(H,20,23). The number of thioether (sulfide) groups is 1. The lowest BCUT2D eigenvalue weighted by atomic mass is 10.00. The maximum absolute atomic E-state index is 11.9. The monoisotopic (exact) mass is 409 g/mol. The zero-order valence-corrected chi connectivity index (χ0v) is 17.7. The molecule has 1 aromatic rings. The van der Waals surface area contributed by atoms with Crippen LogP contribution in [0.1, 0.15) is 19.8 Å². The van der Waals surface area contributed by atoms with Crippen LogP contribution in [0.2, 0.25) is 0 Å². The summed E-state index contributed by atoms with van der Waals surface area (Å²) < 4.78 is 5.76. The van der Waals surface area contributed by atoms with Crippen LogP contribution in [0, 0.1) is 5.92 Å². The van der Waals surface area contributed by atoms with Crippen LogP contribution in [0.3, 0.4) is 0 Å². The molecule has 1 fully saturated rings. The first kappa shape index (κ1) is 21.5. The van der Waals surface area contributed by atoms with Crippen molar-refractivity contribution in [3.63, 3.8) is 0 Å². The molecule has 1 amide bonds. The van der Waals surface area contributed by atoms with Crippen LogP contribution in [0.4, 0.5) is 11.4 Å². The molecule has 0 aliphatic carbocycles. The van der Waals surface area contributed by atoms with E-state index in [1.54, 1.807) is 0 Å². The average Bonchev–Trinajstić information content (AvgIpc) is 2.65. The van der Waals surface area contributed by atoms with E-state index in [2.05, 4.69) is 17.1 Å². The molecule has 0 spiro atoms. The van der Waals surface area contributed by atoms with E-state index >= 15 is 0 Å². The lowest BCUT2D eigenvalue weighted by Gasteiger charge is -2.31. The molecule has 2 rings (SSSR count). The van der Waals surface area contributed by atoms with Gasteiger partial charge in [-0.25, -0.2) is 0 Å². The number of nitrogens with zero attached hydrogens (tertiary/aromatic N) is 2. The number of likely N-dealkylation sites (tertiary alicyclic amines) is 1. The highest BCUT2D eigenvalue weighted by Crippen LogP contribution is 2.20. The number of amides is 1. The second-order valence-corrected chi connectivity index (χ2v) is 8.48. The largest absolute Gasteiger partial charge is 0.455 e. The number of anilines is 2. The summed E-state index contributed by atoms with van der Waals surface area (Å²) in [6, 6.07) is 7.42. The molecule has 1 saturated heterocycles. The summed E-state index contributed by atoms with van der Waals surface area (Å²) in [6.07, 6.45) is 2.25. The van der Waals surface area contributed by atoms with Gasteiger partial charge in [0.2, 0.25) is 0 Å². The van der Waals surface area contributed by atoms with Gasteiger partial charge in [-0.15, -0.1) is 0 Å². The zero-order valence-electron chi connectivity index (χ0n) is 16.1. The molecule has 0 atom stereocenters. The average molecular weight is 410 g/mol. The molecule has 1 aromatic carbocycles. The van der Waals surface area contributed by atoms with Crippen molar-refractivity contribution in [1.29, 1.82) is 0 Å². The normalized spacial score (nSPS) is 14.6. The van der Waals surface area contributed by atoms with E-state index in [1.807, 2.05) is 43.3 Å². The number of nitrogens with one attached hydrogen (secondary N) is 1. The first-order valence-corrected chi connectivity index (χ1v) is 10.4. The zero-order chi connectivity index (χ0) is 19.8. The van der Waals surface area contributed by atoms with Crippen molar-refractivity contribution in [2.75, 3.05) is 49.8 Å². The van der Waals surface area contributed by atoms with E-state index in [-0.39, 0.29) is 18.3 Å². The van der Waals surface area contributed by atoms with Crippen LogP contribution in [0.15, 0.2) is 24.3 Å². The Morgan fingerprint density at radius 2 is 1.89 bits per heavy atom. The minimum absolute atomic E-state index is 0.121. The van der Waals surface area contributed by atoms with Gasteiger partial charge in [0.25, 0.3) is 5.91 Å². The molecule has 8 heteroatoms. The van der Waals surface area contributed by atoms with Crippen molar-refractivity contribution in [3.05, 3.63) is 24.3 Å². The fourth-order valence-corrected chi connectivity index (χ4v) is 3.68. The lowest BCUT2D eigenvalue weighted by Crippen LogP contribution is -2.35. The van der Waals surface area contributed by atoms with Crippen molar-refractivity contribution in [2.45, 2.75) is 19.8 Å². The fraction of sp³-hybridized carbons (Fsp3) is 0.526. The highest BCUT2D eigenvalue weighted by molar-refractivity contribution is 8.23.